The highest BCUT2D eigenvalue weighted by atomic mass is 19.1. The third-order valence-corrected chi connectivity index (χ3v) is 2.00. The summed E-state index contributed by atoms with van der Waals surface area (Å²) in [6.07, 6.45) is 2.60. The van der Waals surface area contributed by atoms with Gasteiger partial charge in [-0.05, 0) is 24.3 Å². The van der Waals surface area contributed by atoms with Crippen molar-refractivity contribution in [2.45, 2.75) is 6.54 Å². The Hall–Kier alpha value is -1.64. The maximum absolute atomic E-state index is 12.8. The molecular weight excluding hydrogens is 169 g/mol. The smallest absolute Gasteiger partial charge is 0.139 e. The zero-order chi connectivity index (χ0) is 9.26. The highest BCUT2D eigenvalue weighted by molar-refractivity contribution is 5.80. The number of hydrogen-bond donors (Lipinski definition) is 0. The molecule has 0 aliphatic carbocycles. The second kappa shape index (κ2) is 3.01. The molecule has 13 heavy (non-hydrogen) atoms. The minimum atomic E-state index is -0.253. The Morgan fingerprint density at radius 1 is 1.38 bits per heavy atom. The second-order valence-corrected chi connectivity index (χ2v) is 2.84. The molecule has 66 valence electrons. The quantitative estimate of drug-likeness (QED) is 0.643. The first kappa shape index (κ1) is 7.98. The Balaban J connectivity index is 2.61. The maximum Gasteiger partial charge on any atom is 0.139 e. The van der Waals surface area contributed by atoms with Gasteiger partial charge in [-0.1, -0.05) is 0 Å². The number of benzene rings is 1. The van der Waals surface area contributed by atoms with E-state index in [4.69, 9.17) is 0 Å². The number of carbonyl (C=O) groups is 1. The zero-order valence-corrected chi connectivity index (χ0v) is 6.90. The number of nitrogens with zero attached hydrogens (tertiary/aromatic N) is 1. The standard InChI is InChI=1S/C10H8FNO/c11-9-1-2-10-8(7-9)3-4-12(10)5-6-13/h1-4,6-7H,5H2. The number of halogens is 1. The van der Waals surface area contributed by atoms with Crippen molar-refractivity contribution >= 4 is 17.2 Å². The minimum absolute atomic E-state index is 0.253. The van der Waals surface area contributed by atoms with Crippen LogP contribution >= 0.6 is 0 Å². The SMILES string of the molecule is O=CCn1ccc2cc(F)ccc21. The van der Waals surface area contributed by atoms with E-state index in [1.54, 1.807) is 22.9 Å². The van der Waals surface area contributed by atoms with Gasteiger partial charge in [-0.3, -0.25) is 0 Å². The number of rotatable bonds is 2. The summed E-state index contributed by atoms with van der Waals surface area (Å²) in [6.45, 7) is 0.315. The van der Waals surface area contributed by atoms with Crippen LogP contribution in [0.25, 0.3) is 10.9 Å². The summed E-state index contributed by atoms with van der Waals surface area (Å²) < 4.78 is 14.5. The summed E-state index contributed by atoms with van der Waals surface area (Å²) in [5, 5.41) is 0.821. The summed E-state index contributed by atoms with van der Waals surface area (Å²) in [6, 6.07) is 6.32. The third kappa shape index (κ3) is 1.33. The summed E-state index contributed by atoms with van der Waals surface area (Å²) in [5.74, 6) is -0.253. The first-order valence-electron chi connectivity index (χ1n) is 3.99. The van der Waals surface area contributed by atoms with Gasteiger partial charge in [0.1, 0.15) is 12.1 Å². The van der Waals surface area contributed by atoms with Crippen molar-refractivity contribution in [2.75, 3.05) is 0 Å². The van der Waals surface area contributed by atoms with Gasteiger partial charge in [-0.2, -0.15) is 0 Å². The van der Waals surface area contributed by atoms with Crippen LogP contribution in [-0.4, -0.2) is 10.9 Å². The fraction of sp³-hybridized carbons (Fsp3) is 0.100. The second-order valence-electron chi connectivity index (χ2n) is 2.84. The van der Waals surface area contributed by atoms with E-state index in [1.165, 1.54) is 12.1 Å². The number of aromatic nitrogens is 1. The van der Waals surface area contributed by atoms with Gasteiger partial charge in [0.15, 0.2) is 0 Å². The van der Waals surface area contributed by atoms with Crippen molar-refractivity contribution in [2.24, 2.45) is 0 Å². The maximum atomic E-state index is 12.8. The van der Waals surface area contributed by atoms with Crippen LogP contribution in [0.5, 0.6) is 0 Å². The van der Waals surface area contributed by atoms with Crippen LogP contribution in [0.3, 0.4) is 0 Å². The molecule has 0 saturated heterocycles. The lowest BCUT2D eigenvalue weighted by Gasteiger charge is -1.98. The Labute approximate surface area is 74.6 Å². The van der Waals surface area contributed by atoms with Gasteiger partial charge in [-0.25, -0.2) is 4.39 Å². The van der Waals surface area contributed by atoms with Gasteiger partial charge >= 0.3 is 0 Å². The molecule has 1 heterocycles. The number of carbonyl (C=O) groups excluding carboxylic acids is 1. The average Bonchev–Trinajstić information content (AvgIpc) is 2.49. The molecule has 1 aromatic heterocycles. The Morgan fingerprint density at radius 2 is 2.23 bits per heavy atom. The fourth-order valence-electron chi connectivity index (χ4n) is 1.41. The van der Waals surface area contributed by atoms with Crippen molar-refractivity contribution in [1.29, 1.82) is 0 Å². The zero-order valence-electron chi connectivity index (χ0n) is 6.90. The van der Waals surface area contributed by atoms with E-state index in [0.717, 1.165) is 17.2 Å². The molecule has 0 aliphatic heterocycles. The van der Waals surface area contributed by atoms with Crippen molar-refractivity contribution in [1.82, 2.24) is 4.57 Å². The summed E-state index contributed by atoms with van der Waals surface area (Å²) in [4.78, 5) is 10.3. The number of aldehydes is 1. The Bertz CT molecular complexity index is 447. The van der Waals surface area contributed by atoms with Gasteiger partial charge in [0.25, 0.3) is 0 Å². The lowest BCUT2D eigenvalue weighted by Crippen LogP contribution is -1.95. The van der Waals surface area contributed by atoms with Crippen molar-refractivity contribution in [3.8, 4) is 0 Å². The highest BCUT2D eigenvalue weighted by Crippen LogP contribution is 2.16. The predicted octanol–water partition coefficient (Wildman–Crippen LogP) is 1.98. The first-order valence-corrected chi connectivity index (χ1v) is 3.99. The molecule has 0 atom stereocenters. The van der Waals surface area contributed by atoms with E-state index in [-0.39, 0.29) is 5.82 Å². The third-order valence-electron chi connectivity index (χ3n) is 2.00. The predicted molar refractivity (Wildman–Crippen MR) is 48.0 cm³/mol. The number of fused-ring (bicyclic) bond motifs is 1. The van der Waals surface area contributed by atoms with Crippen LogP contribution in [0.2, 0.25) is 0 Å². The first-order chi connectivity index (χ1) is 6.31. The van der Waals surface area contributed by atoms with Gasteiger partial charge in [0.2, 0.25) is 0 Å². The molecule has 0 spiro atoms. The molecule has 0 radical (unpaired) electrons. The van der Waals surface area contributed by atoms with Crippen molar-refractivity contribution in [3.05, 3.63) is 36.3 Å². The van der Waals surface area contributed by atoms with Crippen LogP contribution < -0.4 is 0 Å². The molecule has 0 amide bonds. The molecule has 2 aromatic rings. The summed E-state index contributed by atoms with van der Waals surface area (Å²) in [5.41, 5.74) is 0.883. The van der Waals surface area contributed by atoms with Gasteiger partial charge in [0.05, 0.1) is 6.54 Å². The summed E-state index contributed by atoms with van der Waals surface area (Å²) in [7, 11) is 0. The Morgan fingerprint density at radius 3 is 3.00 bits per heavy atom. The van der Waals surface area contributed by atoms with Gasteiger partial charge in [-0.15, -0.1) is 0 Å². The van der Waals surface area contributed by atoms with E-state index in [0.29, 0.717) is 6.54 Å². The molecule has 0 saturated carbocycles. The summed E-state index contributed by atoms with van der Waals surface area (Å²) >= 11 is 0. The minimum Gasteiger partial charge on any atom is -0.340 e. The fourth-order valence-corrected chi connectivity index (χ4v) is 1.41. The molecule has 0 unspecified atom stereocenters. The molecule has 0 bridgehead atoms. The van der Waals surface area contributed by atoms with Crippen molar-refractivity contribution in [3.63, 3.8) is 0 Å². The lowest BCUT2D eigenvalue weighted by molar-refractivity contribution is -0.108. The van der Waals surface area contributed by atoms with E-state index < -0.39 is 0 Å². The van der Waals surface area contributed by atoms with Gasteiger partial charge < -0.3 is 9.36 Å². The molecule has 0 N–H and O–H groups in total. The lowest BCUT2D eigenvalue weighted by atomic mass is 10.2. The molecule has 2 rings (SSSR count). The molecule has 3 heteroatoms. The Kier molecular flexibility index (Phi) is 1.85. The highest BCUT2D eigenvalue weighted by Gasteiger charge is 2.00. The van der Waals surface area contributed by atoms with E-state index in [2.05, 4.69) is 0 Å². The van der Waals surface area contributed by atoms with Crippen LogP contribution in [0.1, 0.15) is 0 Å². The molecule has 1 aromatic carbocycles. The topological polar surface area (TPSA) is 22.0 Å². The average molecular weight is 177 g/mol. The number of hydrogen-bond acceptors (Lipinski definition) is 1. The van der Waals surface area contributed by atoms with Crippen molar-refractivity contribution < 1.29 is 9.18 Å². The monoisotopic (exact) mass is 177 g/mol. The van der Waals surface area contributed by atoms with Gasteiger partial charge in [0, 0.05) is 17.1 Å². The van der Waals surface area contributed by atoms with E-state index in [9.17, 15) is 9.18 Å². The van der Waals surface area contributed by atoms with Crippen LogP contribution in [-0.2, 0) is 11.3 Å². The van der Waals surface area contributed by atoms with Crippen LogP contribution in [0.15, 0.2) is 30.5 Å². The molecule has 0 aliphatic rings. The van der Waals surface area contributed by atoms with Crippen LogP contribution in [0, 0.1) is 5.82 Å². The van der Waals surface area contributed by atoms with E-state index in [1.807, 2.05) is 0 Å². The molecule has 0 fully saturated rings. The van der Waals surface area contributed by atoms with Crippen LogP contribution in [0.4, 0.5) is 4.39 Å². The largest absolute Gasteiger partial charge is 0.340 e. The molecular formula is C10H8FNO. The van der Waals surface area contributed by atoms with E-state index >= 15 is 0 Å². The molecule has 2 nitrogen and oxygen atoms in total. The normalized spacial score (nSPS) is 10.5.